The molecule has 0 radical (unpaired) electrons. The van der Waals surface area contributed by atoms with Gasteiger partial charge in [-0.25, -0.2) is 4.39 Å². The summed E-state index contributed by atoms with van der Waals surface area (Å²) in [4.78, 5) is 20.2. The predicted octanol–water partition coefficient (Wildman–Crippen LogP) is 2.12. The summed E-state index contributed by atoms with van der Waals surface area (Å²) in [5, 5.41) is 19.1. The second-order valence-electron chi connectivity index (χ2n) is 2.69. The summed E-state index contributed by atoms with van der Waals surface area (Å²) in [5.41, 5.74) is -0.585. The molecular formula is C8H5BrFNO4. The smallest absolute Gasteiger partial charge is 0.308 e. The van der Waals surface area contributed by atoms with Crippen molar-refractivity contribution in [2.75, 3.05) is 0 Å². The van der Waals surface area contributed by atoms with Crippen LogP contribution in [0.5, 0.6) is 0 Å². The van der Waals surface area contributed by atoms with Crippen LogP contribution in [0, 0.1) is 15.9 Å². The molecule has 0 heterocycles. The minimum absolute atomic E-state index is 0.174. The predicted molar refractivity (Wildman–Crippen MR) is 52.1 cm³/mol. The molecule has 1 rings (SSSR count). The molecule has 0 unspecified atom stereocenters. The number of nitro groups is 1. The van der Waals surface area contributed by atoms with E-state index in [-0.39, 0.29) is 10.0 Å². The van der Waals surface area contributed by atoms with Crippen molar-refractivity contribution in [3.8, 4) is 0 Å². The molecule has 7 heteroatoms. The highest BCUT2D eigenvalue weighted by Gasteiger charge is 2.21. The molecule has 0 fully saturated rings. The Balaban J connectivity index is 3.34. The van der Waals surface area contributed by atoms with E-state index < -0.39 is 28.8 Å². The van der Waals surface area contributed by atoms with E-state index in [1.54, 1.807) is 0 Å². The van der Waals surface area contributed by atoms with Crippen LogP contribution in [0.4, 0.5) is 10.1 Å². The topological polar surface area (TPSA) is 80.4 Å². The summed E-state index contributed by atoms with van der Waals surface area (Å²) in [5.74, 6) is -1.98. The molecular weight excluding hydrogens is 273 g/mol. The maximum atomic E-state index is 13.0. The van der Waals surface area contributed by atoms with Crippen LogP contribution in [0.3, 0.4) is 0 Å². The zero-order valence-corrected chi connectivity index (χ0v) is 8.82. The molecule has 80 valence electrons. The molecule has 15 heavy (non-hydrogen) atoms. The molecule has 1 N–H and O–H groups in total. The maximum absolute atomic E-state index is 13.0. The molecule has 0 saturated heterocycles. The number of carbonyl (C=O) groups is 1. The number of carboxylic acids is 1. The van der Waals surface area contributed by atoms with E-state index in [0.717, 1.165) is 12.1 Å². The third-order valence-electron chi connectivity index (χ3n) is 1.70. The number of aliphatic carboxylic acids is 1. The van der Waals surface area contributed by atoms with E-state index in [4.69, 9.17) is 5.11 Å². The summed E-state index contributed by atoms with van der Waals surface area (Å²) >= 11 is 2.79. The highest BCUT2D eigenvalue weighted by molar-refractivity contribution is 9.10. The van der Waals surface area contributed by atoms with E-state index in [9.17, 15) is 19.3 Å². The van der Waals surface area contributed by atoms with Crippen LogP contribution in [-0.2, 0) is 11.2 Å². The quantitative estimate of drug-likeness (QED) is 0.678. The lowest BCUT2D eigenvalue weighted by Crippen LogP contribution is -2.05. The van der Waals surface area contributed by atoms with Gasteiger partial charge >= 0.3 is 5.97 Å². The van der Waals surface area contributed by atoms with E-state index in [1.165, 1.54) is 0 Å². The number of carboxylic acid groups (broad SMARTS) is 1. The third kappa shape index (κ3) is 2.50. The average Bonchev–Trinajstić information content (AvgIpc) is 2.12. The van der Waals surface area contributed by atoms with Crippen molar-refractivity contribution >= 4 is 27.6 Å². The molecule has 0 bridgehead atoms. The SMILES string of the molecule is O=C(O)Cc1c([N+](=O)[O-])ccc(F)c1Br. The Bertz CT molecular complexity index is 435. The fourth-order valence-electron chi connectivity index (χ4n) is 1.07. The molecule has 0 aliphatic carbocycles. The number of nitrogens with zero attached hydrogens (tertiary/aromatic N) is 1. The first kappa shape index (κ1) is 11.6. The zero-order valence-electron chi connectivity index (χ0n) is 7.24. The first-order valence-electron chi connectivity index (χ1n) is 3.76. The van der Waals surface area contributed by atoms with Crippen molar-refractivity contribution < 1.29 is 19.2 Å². The lowest BCUT2D eigenvalue weighted by atomic mass is 10.1. The third-order valence-corrected chi connectivity index (χ3v) is 2.55. The molecule has 0 saturated carbocycles. The number of halogens is 2. The second kappa shape index (κ2) is 4.35. The maximum Gasteiger partial charge on any atom is 0.308 e. The number of benzene rings is 1. The molecule has 0 aliphatic rings. The van der Waals surface area contributed by atoms with Crippen molar-refractivity contribution in [2.45, 2.75) is 6.42 Å². The van der Waals surface area contributed by atoms with Gasteiger partial charge in [0.15, 0.2) is 0 Å². The van der Waals surface area contributed by atoms with Gasteiger partial charge in [-0.15, -0.1) is 0 Å². The van der Waals surface area contributed by atoms with Gasteiger partial charge in [-0.3, -0.25) is 14.9 Å². The van der Waals surface area contributed by atoms with Crippen LogP contribution < -0.4 is 0 Å². The van der Waals surface area contributed by atoms with E-state index in [1.807, 2.05) is 0 Å². The highest BCUT2D eigenvalue weighted by Crippen LogP contribution is 2.29. The van der Waals surface area contributed by atoms with Crippen LogP contribution in [-0.4, -0.2) is 16.0 Å². The highest BCUT2D eigenvalue weighted by atomic mass is 79.9. The molecule has 0 amide bonds. The van der Waals surface area contributed by atoms with Gasteiger partial charge in [0.2, 0.25) is 0 Å². The Morgan fingerprint density at radius 1 is 1.60 bits per heavy atom. The minimum atomic E-state index is -1.26. The van der Waals surface area contributed by atoms with Crippen molar-refractivity contribution in [2.24, 2.45) is 0 Å². The number of nitro benzene ring substituents is 1. The van der Waals surface area contributed by atoms with Gasteiger partial charge < -0.3 is 5.11 Å². The lowest BCUT2D eigenvalue weighted by molar-refractivity contribution is -0.385. The average molecular weight is 278 g/mol. The summed E-state index contributed by atoms with van der Waals surface area (Å²) in [6.07, 6.45) is -0.603. The van der Waals surface area contributed by atoms with Gasteiger partial charge in [0, 0.05) is 6.07 Å². The normalized spacial score (nSPS) is 10.0. The molecule has 0 atom stereocenters. The molecule has 1 aromatic carbocycles. The molecule has 1 aromatic rings. The van der Waals surface area contributed by atoms with Crippen molar-refractivity contribution in [1.82, 2.24) is 0 Å². The summed E-state index contributed by atoms with van der Waals surface area (Å²) in [6, 6.07) is 1.85. The van der Waals surface area contributed by atoms with Crippen LogP contribution in [0.25, 0.3) is 0 Å². The Morgan fingerprint density at radius 2 is 2.20 bits per heavy atom. The standard InChI is InChI=1S/C8H5BrFNO4/c9-8-4(3-7(12)13)6(11(14)15)2-1-5(8)10/h1-2H,3H2,(H,12,13). The monoisotopic (exact) mass is 277 g/mol. The largest absolute Gasteiger partial charge is 0.481 e. The van der Waals surface area contributed by atoms with Crippen molar-refractivity contribution in [3.05, 3.63) is 38.1 Å². The fraction of sp³-hybridized carbons (Fsp3) is 0.125. The Labute approximate surface area is 91.8 Å². The van der Waals surface area contributed by atoms with E-state index in [0.29, 0.717) is 0 Å². The number of hydrogen-bond donors (Lipinski definition) is 1. The summed E-state index contributed by atoms with van der Waals surface area (Å²) in [6.45, 7) is 0. The molecule has 0 aromatic heterocycles. The van der Waals surface area contributed by atoms with Crippen LogP contribution in [0.1, 0.15) is 5.56 Å². The fourth-order valence-corrected chi connectivity index (χ4v) is 1.55. The van der Waals surface area contributed by atoms with Crippen LogP contribution in [0.2, 0.25) is 0 Å². The Kier molecular flexibility index (Phi) is 3.35. The first-order chi connectivity index (χ1) is 6.93. The van der Waals surface area contributed by atoms with E-state index in [2.05, 4.69) is 15.9 Å². The van der Waals surface area contributed by atoms with Gasteiger partial charge in [0.25, 0.3) is 5.69 Å². The van der Waals surface area contributed by atoms with Gasteiger partial charge in [-0.2, -0.15) is 0 Å². The first-order valence-corrected chi connectivity index (χ1v) is 4.56. The molecule has 0 spiro atoms. The van der Waals surface area contributed by atoms with Gasteiger partial charge in [-0.05, 0) is 22.0 Å². The van der Waals surface area contributed by atoms with Crippen molar-refractivity contribution in [3.63, 3.8) is 0 Å². The lowest BCUT2D eigenvalue weighted by Gasteiger charge is -2.03. The van der Waals surface area contributed by atoms with E-state index >= 15 is 0 Å². The van der Waals surface area contributed by atoms with Gasteiger partial charge in [-0.1, -0.05) is 0 Å². The zero-order chi connectivity index (χ0) is 11.6. The van der Waals surface area contributed by atoms with Crippen LogP contribution in [0.15, 0.2) is 16.6 Å². The van der Waals surface area contributed by atoms with Crippen molar-refractivity contribution in [1.29, 1.82) is 0 Å². The molecule has 5 nitrogen and oxygen atoms in total. The van der Waals surface area contributed by atoms with Gasteiger partial charge in [0.05, 0.1) is 21.4 Å². The Hall–Kier alpha value is -1.50. The summed E-state index contributed by atoms with van der Waals surface area (Å²) < 4.78 is 12.8. The number of hydrogen-bond acceptors (Lipinski definition) is 3. The second-order valence-corrected chi connectivity index (χ2v) is 3.48. The van der Waals surface area contributed by atoms with Gasteiger partial charge in [0.1, 0.15) is 5.82 Å². The minimum Gasteiger partial charge on any atom is -0.481 e. The number of rotatable bonds is 3. The summed E-state index contributed by atoms with van der Waals surface area (Å²) in [7, 11) is 0. The van der Waals surface area contributed by atoms with Crippen LogP contribution >= 0.6 is 15.9 Å². The molecule has 0 aliphatic heterocycles. The Morgan fingerprint density at radius 3 is 2.67 bits per heavy atom.